The van der Waals surface area contributed by atoms with Gasteiger partial charge in [-0.05, 0) is 50.0 Å². The van der Waals surface area contributed by atoms with E-state index in [4.69, 9.17) is 11.6 Å². The van der Waals surface area contributed by atoms with Crippen LogP contribution in [0, 0.1) is 28.6 Å². The summed E-state index contributed by atoms with van der Waals surface area (Å²) in [6.07, 6.45) is 5.15. The highest BCUT2D eigenvalue weighted by atomic mass is 35.5. The van der Waals surface area contributed by atoms with Gasteiger partial charge in [-0.15, -0.1) is 0 Å². The largest absolute Gasteiger partial charge is 0.393 e. The van der Waals surface area contributed by atoms with Gasteiger partial charge in [-0.25, -0.2) is 0 Å². The average molecular weight is 395 g/mol. The van der Waals surface area contributed by atoms with E-state index in [1.807, 2.05) is 13.8 Å². The highest BCUT2D eigenvalue weighted by Crippen LogP contribution is 2.68. The van der Waals surface area contributed by atoms with E-state index in [1.165, 1.54) is 6.08 Å². The van der Waals surface area contributed by atoms with Gasteiger partial charge in [0.1, 0.15) is 12.2 Å². The summed E-state index contributed by atoms with van der Waals surface area (Å²) in [5.74, 6) is -0.658. The summed E-state index contributed by atoms with van der Waals surface area (Å²) < 4.78 is 0. The van der Waals surface area contributed by atoms with Crippen LogP contribution in [0.15, 0.2) is 22.8 Å². The van der Waals surface area contributed by atoms with Gasteiger partial charge in [-0.1, -0.05) is 31.0 Å². The van der Waals surface area contributed by atoms with Crippen LogP contribution < -0.4 is 0 Å². The van der Waals surface area contributed by atoms with Crippen LogP contribution in [0.25, 0.3) is 0 Å². The highest BCUT2D eigenvalue weighted by Gasteiger charge is 2.68. The Balaban J connectivity index is 1.77. The van der Waals surface area contributed by atoms with Gasteiger partial charge >= 0.3 is 0 Å². The number of rotatable bonds is 2. The number of fused-ring (bicyclic) bond motifs is 5. The Kier molecular flexibility index (Phi) is 4.29. The second-order valence-corrected chi connectivity index (χ2v) is 9.68. The molecule has 3 N–H and O–H groups in total. The SMILES string of the molecule is C[C@]12C(Cl)=CC(=O)C=C1CC[C@@H]1[C@@H]2C(O)C[C@@]2(C)[C@H]1CC[C@]2(O)C(=O)CO. The minimum atomic E-state index is -1.60. The van der Waals surface area contributed by atoms with Crippen LogP contribution >= 0.6 is 11.6 Å². The summed E-state index contributed by atoms with van der Waals surface area (Å²) in [6.45, 7) is 3.20. The van der Waals surface area contributed by atoms with Gasteiger partial charge < -0.3 is 15.3 Å². The fraction of sp³-hybridized carbons (Fsp3) is 0.714. The first-order chi connectivity index (χ1) is 12.6. The molecule has 4 aliphatic rings. The average Bonchev–Trinajstić information content (AvgIpc) is 2.87. The van der Waals surface area contributed by atoms with Crippen molar-refractivity contribution in [2.45, 2.75) is 57.7 Å². The molecule has 0 aromatic rings. The zero-order chi connectivity index (χ0) is 19.8. The molecule has 0 aromatic heterocycles. The number of ketones is 2. The molecular formula is C21H27ClO5. The van der Waals surface area contributed by atoms with Crippen molar-refractivity contribution in [3.05, 3.63) is 22.8 Å². The van der Waals surface area contributed by atoms with Crippen molar-refractivity contribution >= 4 is 23.2 Å². The van der Waals surface area contributed by atoms with Crippen molar-refractivity contribution in [3.8, 4) is 0 Å². The third kappa shape index (κ3) is 2.29. The highest BCUT2D eigenvalue weighted by molar-refractivity contribution is 6.33. The zero-order valence-corrected chi connectivity index (χ0v) is 16.5. The zero-order valence-electron chi connectivity index (χ0n) is 15.7. The molecule has 0 aliphatic heterocycles. The first-order valence-corrected chi connectivity index (χ1v) is 10.1. The summed E-state index contributed by atoms with van der Waals surface area (Å²) in [6, 6.07) is 0. The maximum absolute atomic E-state index is 12.4. The van der Waals surface area contributed by atoms with Crippen molar-refractivity contribution in [3.63, 3.8) is 0 Å². The fourth-order valence-electron chi connectivity index (χ4n) is 6.98. The Hall–Kier alpha value is -1.01. The Morgan fingerprint density at radius 1 is 1.30 bits per heavy atom. The molecule has 0 amide bonds. The molecular weight excluding hydrogens is 368 g/mol. The van der Waals surface area contributed by atoms with Crippen LogP contribution in [-0.4, -0.2) is 45.2 Å². The van der Waals surface area contributed by atoms with E-state index in [2.05, 4.69) is 0 Å². The molecule has 7 atom stereocenters. The summed E-state index contributed by atoms with van der Waals surface area (Å²) >= 11 is 6.57. The van der Waals surface area contributed by atoms with E-state index in [-0.39, 0.29) is 30.0 Å². The van der Waals surface area contributed by atoms with Gasteiger partial charge in [0.05, 0.1) is 6.10 Å². The lowest BCUT2D eigenvalue weighted by molar-refractivity contribution is -0.178. The van der Waals surface area contributed by atoms with E-state index in [0.29, 0.717) is 17.9 Å². The van der Waals surface area contributed by atoms with Gasteiger partial charge in [0, 0.05) is 27.9 Å². The Morgan fingerprint density at radius 3 is 2.67 bits per heavy atom. The number of Topliss-reactive ketones (excluding diaryl/α,β-unsaturated/α-hetero) is 1. The summed E-state index contributed by atoms with van der Waals surface area (Å²) in [4.78, 5) is 24.3. The third-order valence-corrected chi connectivity index (χ3v) is 8.88. The normalized spacial score (nSPS) is 48.9. The molecule has 27 heavy (non-hydrogen) atoms. The van der Waals surface area contributed by atoms with Crippen molar-refractivity contribution in [2.75, 3.05) is 6.61 Å². The first-order valence-electron chi connectivity index (χ1n) is 9.77. The molecule has 0 heterocycles. The standard InChI is InChI=1S/C21H27ClO5/c1-19-9-15(25)18-13(14(19)5-6-21(19,27)17(26)10-23)4-3-11-7-12(24)8-16(22)20(11,18)2/h7-8,13-15,18,23,25,27H,3-6,9-10H2,1-2H3/t13-,14-,15?,18+,19-,20+,21-/m0/s1. The predicted octanol–water partition coefficient (Wildman–Crippen LogP) is 2.12. The minimum Gasteiger partial charge on any atom is -0.393 e. The van der Waals surface area contributed by atoms with Crippen LogP contribution in [0.3, 0.4) is 0 Å². The molecule has 0 aromatic carbocycles. The number of aliphatic hydroxyl groups is 3. The summed E-state index contributed by atoms with van der Waals surface area (Å²) in [7, 11) is 0. The van der Waals surface area contributed by atoms with E-state index >= 15 is 0 Å². The topological polar surface area (TPSA) is 94.8 Å². The van der Waals surface area contributed by atoms with Crippen LogP contribution in [0.2, 0.25) is 0 Å². The van der Waals surface area contributed by atoms with E-state index in [0.717, 1.165) is 18.4 Å². The minimum absolute atomic E-state index is 0.0619. The number of carbonyl (C=O) groups is 2. The molecule has 3 fully saturated rings. The first kappa shape index (κ1) is 19.3. The molecule has 0 spiro atoms. The lowest BCUT2D eigenvalue weighted by Gasteiger charge is -2.60. The quantitative estimate of drug-likeness (QED) is 0.666. The molecule has 0 bridgehead atoms. The molecule has 1 unspecified atom stereocenters. The van der Waals surface area contributed by atoms with Crippen molar-refractivity contribution in [2.24, 2.45) is 28.6 Å². The molecule has 4 rings (SSSR count). The number of hydrogen-bond donors (Lipinski definition) is 3. The Labute approximate surface area is 164 Å². The van der Waals surface area contributed by atoms with Gasteiger partial charge in [0.2, 0.25) is 0 Å². The number of carbonyl (C=O) groups excluding carboxylic acids is 2. The van der Waals surface area contributed by atoms with Gasteiger partial charge in [-0.2, -0.15) is 0 Å². The molecule has 148 valence electrons. The van der Waals surface area contributed by atoms with Gasteiger partial charge in [-0.3, -0.25) is 9.59 Å². The van der Waals surface area contributed by atoms with E-state index < -0.39 is 34.9 Å². The van der Waals surface area contributed by atoms with Crippen molar-refractivity contribution < 1.29 is 24.9 Å². The maximum atomic E-state index is 12.4. The van der Waals surface area contributed by atoms with Crippen LogP contribution in [0.5, 0.6) is 0 Å². The Morgan fingerprint density at radius 2 is 2.00 bits per heavy atom. The fourth-order valence-corrected chi connectivity index (χ4v) is 7.34. The van der Waals surface area contributed by atoms with Crippen LogP contribution in [0.4, 0.5) is 0 Å². The van der Waals surface area contributed by atoms with Crippen molar-refractivity contribution in [1.29, 1.82) is 0 Å². The molecule has 4 aliphatic carbocycles. The maximum Gasteiger partial charge on any atom is 0.190 e. The Bertz CT molecular complexity index is 773. The van der Waals surface area contributed by atoms with Crippen LogP contribution in [-0.2, 0) is 9.59 Å². The van der Waals surface area contributed by atoms with E-state index in [1.54, 1.807) is 6.08 Å². The summed E-state index contributed by atoms with van der Waals surface area (Å²) in [5, 5.41) is 32.3. The molecule has 0 saturated heterocycles. The third-order valence-electron chi connectivity index (χ3n) is 8.37. The molecule has 3 saturated carbocycles. The number of allylic oxidation sites excluding steroid dienone is 4. The summed E-state index contributed by atoms with van der Waals surface area (Å²) in [5.41, 5.74) is -1.98. The lowest BCUT2D eigenvalue weighted by Crippen LogP contribution is -2.62. The number of aliphatic hydroxyl groups excluding tert-OH is 2. The molecule has 0 radical (unpaired) electrons. The van der Waals surface area contributed by atoms with Gasteiger partial charge in [0.15, 0.2) is 11.6 Å². The van der Waals surface area contributed by atoms with Crippen molar-refractivity contribution in [1.82, 2.24) is 0 Å². The number of hydrogen-bond acceptors (Lipinski definition) is 5. The van der Waals surface area contributed by atoms with Crippen LogP contribution in [0.1, 0.15) is 46.0 Å². The number of halogens is 1. The molecule has 5 nitrogen and oxygen atoms in total. The monoisotopic (exact) mass is 394 g/mol. The second kappa shape index (κ2) is 5.99. The van der Waals surface area contributed by atoms with E-state index in [9.17, 15) is 24.9 Å². The second-order valence-electron chi connectivity index (χ2n) is 9.27. The van der Waals surface area contributed by atoms with Gasteiger partial charge in [0.25, 0.3) is 0 Å². The smallest absolute Gasteiger partial charge is 0.190 e. The molecule has 6 heteroatoms. The predicted molar refractivity (Wildman–Crippen MR) is 99.8 cm³/mol. The lowest BCUT2D eigenvalue weighted by atomic mass is 9.46.